The van der Waals surface area contributed by atoms with Crippen LogP contribution in [-0.4, -0.2) is 49.3 Å². The Morgan fingerprint density at radius 3 is 2.71 bits per heavy atom. The van der Waals surface area contributed by atoms with E-state index in [0.29, 0.717) is 60.1 Å². The number of hydrogen-bond acceptors (Lipinski definition) is 7. The van der Waals surface area contributed by atoms with Crippen molar-refractivity contribution in [2.45, 2.75) is 33.9 Å². The number of aliphatic imine (C=N–C) groups is 1. The van der Waals surface area contributed by atoms with Gasteiger partial charge in [0.25, 0.3) is 0 Å². The molecule has 1 aromatic heterocycles. The van der Waals surface area contributed by atoms with Crippen LogP contribution in [0.25, 0.3) is 0 Å². The van der Waals surface area contributed by atoms with Gasteiger partial charge in [-0.15, -0.1) is 5.10 Å². The van der Waals surface area contributed by atoms with E-state index < -0.39 is 6.17 Å². The Bertz CT molecular complexity index is 1110. The standard InChI is InChI=1S/C24H26FN5O3.C2H6/c1-3-17(7-6-16(2)25)14-27-23-19(5-4-10-26-23)24-30-29-22(15-33-24)28-18-8-9-20-21(13-18)32-12-11-31-20;1-2/h3-10,13,16H,11-12,14-15H2,1-2H3,(H,26,27)(H,28,29);1-2H3/b7-6-,17-3+;. The second-order valence-electron chi connectivity index (χ2n) is 7.36. The van der Waals surface area contributed by atoms with Crippen LogP contribution in [0.2, 0.25) is 0 Å². The van der Waals surface area contributed by atoms with Gasteiger partial charge in [0, 0.05) is 18.8 Å². The van der Waals surface area contributed by atoms with Crippen LogP contribution in [0.15, 0.2) is 70.4 Å². The second-order valence-corrected chi connectivity index (χ2v) is 7.36. The quantitative estimate of drug-likeness (QED) is 0.531. The highest BCUT2D eigenvalue weighted by atomic mass is 19.1. The second kappa shape index (κ2) is 13.1. The van der Waals surface area contributed by atoms with E-state index in [1.54, 1.807) is 12.3 Å². The molecule has 35 heavy (non-hydrogen) atoms. The normalized spacial score (nSPS) is 17.0. The maximum Gasteiger partial charge on any atom is 0.242 e. The Morgan fingerprint density at radius 1 is 1.20 bits per heavy atom. The number of hydrazone groups is 1. The monoisotopic (exact) mass is 481 g/mol. The van der Waals surface area contributed by atoms with Crippen molar-refractivity contribution < 1.29 is 18.6 Å². The summed E-state index contributed by atoms with van der Waals surface area (Å²) in [5.41, 5.74) is 5.31. The third-order valence-electron chi connectivity index (χ3n) is 4.87. The van der Waals surface area contributed by atoms with Gasteiger partial charge in [-0.25, -0.2) is 14.4 Å². The fraction of sp³-hybridized carbons (Fsp3) is 0.346. The Kier molecular flexibility index (Phi) is 9.65. The smallest absolute Gasteiger partial charge is 0.242 e. The van der Waals surface area contributed by atoms with Gasteiger partial charge < -0.3 is 19.5 Å². The number of anilines is 1. The van der Waals surface area contributed by atoms with Gasteiger partial charge >= 0.3 is 0 Å². The Balaban J connectivity index is 0.00000167. The lowest BCUT2D eigenvalue weighted by molar-refractivity contribution is 0.171. The fourth-order valence-electron chi connectivity index (χ4n) is 3.19. The number of nitrogens with one attached hydrogen (secondary N) is 2. The van der Waals surface area contributed by atoms with Crippen molar-refractivity contribution in [3.63, 3.8) is 0 Å². The van der Waals surface area contributed by atoms with Crippen LogP contribution in [-0.2, 0) is 4.74 Å². The SMILES string of the molecule is C/C=C(\C=C/C(C)F)CNc1ncccc1C1=NNC(=Nc2ccc3c(c2)OCCO3)CO1.CC. The third kappa shape index (κ3) is 7.30. The number of pyridine rings is 1. The molecule has 8 nitrogen and oxygen atoms in total. The molecule has 2 aromatic rings. The number of nitrogens with zero attached hydrogens (tertiary/aromatic N) is 3. The Hall–Kier alpha value is -3.88. The molecule has 0 aliphatic carbocycles. The predicted octanol–water partition coefficient (Wildman–Crippen LogP) is 5.16. The molecule has 0 saturated heterocycles. The van der Waals surface area contributed by atoms with Crippen molar-refractivity contribution in [1.29, 1.82) is 0 Å². The van der Waals surface area contributed by atoms with E-state index in [1.165, 1.54) is 13.0 Å². The number of hydrogen-bond donors (Lipinski definition) is 2. The fourth-order valence-corrected chi connectivity index (χ4v) is 3.19. The molecule has 4 rings (SSSR count). The molecule has 0 saturated carbocycles. The molecule has 1 atom stereocenters. The molecular weight excluding hydrogens is 449 g/mol. The molecular formula is C26H32FN5O3. The average Bonchev–Trinajstić information content (AvgIpc) is 2.90. The maximum atomic E-state index is 13.1. The lowest BCUT2D eigenvalue weighted by Crippen LogP contribution is -2.32. The number of alkyl halides is 1. The van der Waals surface area contributed by atoms with Gasteiger partial charge in [0.1, 0.15) is 31.8 Å². The van der Waals surface area contributed by atoms with Gasteiger partial charge in [-0.3, -0.25) is 5.43 Å². The Morgan fingerprint density at radius 2 is 2.00 bits per heavy atom. The van der Waals surface area contributed by atoms with E-state index >= 15 is 0 Å². The third-order valence-corrected chi connectivity index (χ3v) is 4.87. The zero-order valence-corrected chi connectivity index (χ0v) is 20.5. The van der Waals surface area contributed by atoms with E-state index in [9.17, 15) is 4.39 Å². The van der Waals surface area contributed by atoms with Crippen molar-refractivity contribution in [2.75, 3.05) is 31.7 Å². The molecule has 186 valence electrons. The van der Waals surface area contributed by atoms with Crippen LogP contribution in [0.4, 0.5) is 15.9 Å². The lowest BCUT2D eigenvalue weighted by Gasteiger charge is -2.20. The van der Waals surface area contributed by atoms with Crippen molar-refractivity contribution >= 4 is 23.2 Å². The molecule has 3 heterocycles. The summed E-state index contributed by atoms with van der Waals surface area (Å²) in [6, 6.07) is 9.19. The molecule has 0 radical (unpaired) electrons. The van der Waals surface area contributed by atoms with Gasteiger partial charge in [0.05, 0.1) is 11.3 Å². The van der Waals surface area contributed by atoms with Crippen LogP contribution < -0.4 is 20.2 Å². The zero-order chi connectivity index (χ0) is 25.0. The van der Waals surface area contributed by atoms with Crippen LogP contribution in [0.5, 0.6) is 11.5 Å². The average molecular weight is 482 g/mol. The summed E-state index contributed by atoms with van der Waals surface area (Å²) in [7, 11) is 0. The van der Waals surface area contributed by atoms with E-state index in [1.807, 2.05) is 57.2 Å². The number of fused-ring (bicyclic) bond motifs is 1. The molecule has 2 N–H and O–H groups in total. The van der Waals surface area contributed by atoms with Crippen molar-refractivity contribution in [2.24, 2.45) is 10.1 Å². The number of rotatable bonds is 7. The molecule has 0 fully saturated rings. The van der Waals surface area contributed by atoms with Crippen LogP contribution in [0.1, 0.15) is 33.3 Å². The summed E-state index contributed by atoms with van der Waals surface area (Å²) in [5.74, 6) is 2.97. The molecule has 2 aliphatic rings. The van der Waals surface area contributed by atoms with Crippen LogP contribution in [0.3, 0.4) is 0 Å². The van der Waals surface area contributed by atoms with E-state index in [0.717, 1.165) is 5.57 Å². The van der Waals surface area contributed by atoms with Crippen molar-refractivity contribution in [3.05, 3.63) is 65.9 Å². The number of allylic oxidation sites excluding steroid dienone is 2. The molecule has 0 amide bonds. The minimum absolute atomic E-state index is 0.221. The molecule has 1 aromatic carbocycles. The molecule has 0 spiro atoms. The molecule has 9 heteroatoms. The summed E-state index contributed by atoms with van der Waals surface area (Å²) in [4.78, 5) is 8.94. The minimum Gasteiger partial charge on any atom is -0.486 e. The number of benzene rings is 1. The van der Waals surface area contributed by atoms with E-state index in [-0.39, 0.29) is 6.61 Å². The topological polar surface area (TPSA) is 89.4 Å². The van der Waals surface area contributed by atoms with Gasteiger partial charge in [-0.2, -0.15) is 0 Å². The molecule has 0 bridgehead atoms. The number of halogens is 1. The summed E-state index contributed by atoms with van der Waals surface area (Å²) in [6.45, 7) is 9.17. The summed E-state index contributed by atoms with van der Waals surface area (Å²) in [6.07, 6.45) is 5.88. The number of amidine groups is 1. The maximum absolute atomic E-state index is 13.1. The largest absolute Gasteiger partial charge is 0.486 e. The van der Waals surface area contributed by atoms with Gasteiger partial charge in [0.2, 0.25) is 5.90 Å². The molecule has 1 unspecified atom stereocenters. The lowest BCUT2D eigenvalue weighted by atomic mass is 10.2. The summed E-state index contributed by atoms with van der Waals surface area (Å²) in [5, 5.41) is 7.60. The highest BCUT2D eigenvalue weighted by Gasteiger charge is 2.18. The van der Waals surface area contributed by atoms with Gasteiger partial charge in [0.15, 0.2) is 17.3 Å². The highest BCUT2D eigenvalue weighted by molar-refractivity contribution is 6.02. The van der Waals surface area contributed by atoms with E-state index in [4.69, 9.17) is 14.2 Å². The van der Waals surface area contributed by atoms with Crippen LogP contribution >= 0.6 is 0 Å². The van der Waals surface area contributed by atoms with Crippen molar-refractivity contribution in [1.82, 2.24) is 10.4 Å². The number of ether oxygens (including phenoxy) is 3. The number of aromatic nitrogens is 1. The van der Waals surface area contributed by atoms with Crippen molar-refractivity contribution in [3.8, 4) is 11.5 Å². The van der Waals surface area contributed by atoms with E-state index in [2.05, 4.69) is 25.8 Å². The first-order valence-electron chi connectivity index (χ1n) is 11.7. The summed E-state index contributed by atoms with van der Waals surface area (Å²) >= 11 is 0. The first kappa shape index (κ1) is 25.7. The minimum atomic E-state index is -1.00. The highest BCUT2D eigenvalue weighted by Crippen LogP contribution is 2.33. The van der Waals surface area contributed by atoms with Crippen LogP contribution in [0, 0.1) is 0 Å². The Labute approximate surface area is 205 Å². The first-order chi connectivity index (χ1) is 17.1. The molecule has 2 aliphatic heterocycles. The van der Waals surface area contributed by atoms with Gasteiger partial charge in [-0.05, 0) is 43.7 Å². The zero-order valence-electron chi connectivity index (χ0n) is 20.5. The summed E-state index contributed by atoms with van der Waals surface area (Å²) < 4.78 is 30.1. The predicted molar refractivity (Wildman–Crippen MR) is 138 cm³/mol. The van der Waals surface area contributed by atoms with Gasteiger partial charge in [-0.1, -0.05) is 32.1 Å². The first-order valence-corrected chi connectivity index (χ1v) is 11.7.